The van der Waals surface area contributed by atoms with E-state index in [0.717, 1.165) is 19.3 Å². The van der Waals surface area contributed by atoms with Gasteiger partial charge in [0.25, 0.3) is 0 Å². The molecule has 1 aliphatic rings. The quantitative estimate of drug-likeness (QED) is 0.366. The minimum Gasteiger partial charge on any atom is -0.352 e. The number of rotatable bonds is 3. The van der Waals surface area contributed by atoms with Crippen molar-refractivity contribution in [3.63, 3.8) is 0 Å². The first-order valence-corrected chi connectivity index (χ1v) is 4.10. The molecule has 1 fully saturated rings. The maximum Gasteiger partial charge on any atom is 0.314 e. The highest BCUT2D eigenvalue weighted by molar-refractivity contribution is 4.53. The van der Waals surface area contributed by atoms with Crippen LogP contribution in [0.3, 0.4) is 0 Å². The molecule has 12 heavy (non-hydrogen) atoms. The highest BCUT2D eigenvalue weighted by atomic mass is 16.7. The first-order chi connectivity index (χ1) is 5.70. The highest BCUT2D eigenvalue weighted by Gasteiger charge is 2.22. The molecule has 5 heteroatoms. The zero-order valence-electron chi connectivity index (χ0n) is 7.06. The molecular formula is C7H13NO4. The van der Waals surface area contributed by atoms with E-state index in [0.29, 0.717) is 6.61 Å². The molecule has 0 spiro atoms. The van der Waals surface area contributed by atoms with Crippen molar-refractivity contribution in [2.75, 3.05) is 6.61 Å². The normalized spacial score (nSPS) is 26.6. The van der Waals surface area contributed by atoms with Gasteiger partial charge >= 0.3 is 6.23 Å². The lowest BCUT2D eigenvalue weighted by Gasteiger charge is -2.22. The predicted molar refractivity (Wildman–Crippen MR) is 41.1 cm³/mol. The summed E-state index contributed by atoms with van der Waals surface area (Å²) in [4.78, 5) is 9.74. The number of ether oxygens (including phenoxy) is 2. The van der Waals surface area contributed by atoms with Gasteiger partial charge in [0, 0.05) is 13.5 Å². The maximum atomic E-state index is 10.2. The highest BCUT2D eigenvalue weighted by Crippen LogP contribution is 2.15. The second-order valence-electron chi connectivity index (χ2n) is 2.82. The second kappa shape index (κ2) is 4.37. The number of nitro groups is 1. The van der Waals surface area contributed by atoms with E-state index in [1.165, 1.54) is 6.92 Å². The monoisotopic (exact) mass is 175 g/mol. The van der Waals surface area contributed by atoms with Crippen LogP contribution < -0.4 is 0 Å². The van der Waals surface area contributed by atoms with E-state index >= 15 is 0 Å². The third-order valence-corrected chi connectivity index (χ3v) is 1.78. The van der Waals surface area contributed by atoms with Gasteiger partial charge < -0.3 is 4.74 Å². The van der Waals surface area contributed by atoms with Gasteiger partial charge in [-0.3, -0.25) is 14.9 Å². The predicted octanol–water partition coefficient (Wildman–Crippen LogP) is 1.15. The van der Waals surface area contributed by atoms with Crippen molar-refractivity contribution in [2.45, 2.75) is 38.7 Å². The van der Waals surface area contributed by atoms with Crippen molar-refractivity contribution in [3.05, 3.63) is 10.1 Å². The molecular weight excluding hydrogens is 162 g/mol. The van der Waals surface area contributed by atoms with Crippen LogP contribution >= 0.6 is 0 Å². The van der Waals surface area contributed by atoms with Crippen LogP contribution in [0.5, 0.6) is 0 Å². The lowest BCUT2D eigenvalue weighted by molar-refractivity contribution is -0.581. The first kappa shape index (κ1) is 9.41. The van der Waals surface area contributed by atoms with Crippen LogP contribution in [0.4, 0.5) is 0 Å². The molecule has 0 N–H and O–H groups in total. The summed E-state index contributed by atoms with van der Waals surface area (Å²) in [5.41, 5.74) is 0. The van der Waals surface area contributed by atoms with Crippen LogP contribution in [0.25, 0.3) is 0 Å². The summed E-state index contributed by atoms with van der Waals surface area (Å²) in [6.07, 6.45) is 1.47. The summed E-state index contributed by atoms with van der Waals surface area (Å²) >= 11 is 0. The molecule has 0 aliphatic carbocycles. The van der Waals surface area contributed by atoms with E-state index in [2.05, 4.69) is 0 Å². The van der Waals surface area contributed by atoms with E-state index in [1.54, 1.807) is 0 Å². The fraction of sp³-hybridized carbons (Fsp3) is 1.00. The molecule has 0 radical (unpaired) electrons. The van der Waals surface area contributed by atoms with Crippen molar-refractivity contribution in [1.82, 2.24) is 0 Å². The van der Waals surface area contributed by atoms with Crippen molar-refractivity contribution in [1.29, 1.82) is 0 Å². The van der Waals surface area contributed by atoms with Gasteiger partial charge in [-0.25, -0.2) is 0 Å². The van der Waals surface area contributed by atoms with Crippen LogP contribution in [0.1, 0.15) is 26.2 Å². The number of hydrogen-bond acceptors (Lipinski definition) is 4. The third-order valence-electron chi connectivity index (χ3n) is 1.78. The molecule has 1 saturated heterocycles. The summed E-state index contributed by atoms with van der Waals surface area (Å²) in [6, 6.07) is 0. The second-order valence-corrected chi connectivity index (χ2v) is 2.82. The SMILES string of the molecule is CC(OC1CCCCO1)[N+](=O)[O-]. The Labute approximate surface area is 70.8 Å². The Morgan fingerprint density at radius 2 is 2.42 bits per heavy atom. The average molecular weight is 175 g/mol. The van der Waals surface area contributed by atoms with E-state index in [4.69, 9.17) is 9.47 Å². The molecule has 1 heterocycles. The maximum absolute atomic E-state index is 10.2. The lowest BCUT2D eigenvalue weighted by atomic mass is 10.2. The van der Waals surface area contributed by atoms with Crippen LogP contribution in [0.2, 0.25) is 0 Å². The molecule has 0 bridgehead atoms. The van der Waals surface area contributed by atoms with Crippen LogP contribution in [0.15, 0.2) is 0 Å². The van der Waals surface area contributed by atoms with Gasteiger partial charge in [-0.2, -0.15) is 0 Å². The summed E-state index contributed by atoms with van der Waals surface area (Å²) in [7, 11) is 0. The summed E-state index contributed by atoms with van der Waals surface area (Å²) in [5, 5.41) is 10.2. The molecule has 70 valence electrons. The van der Waals surface area contributed by atoms with Crippen molar-refractivity contribution in [2.24, 2.45) is 0 Å². The van der Waals surface area contributed by atoms with Crippen LogP contribution in [-0.2, 0) is 9.47 Å². The summed E-state index contributed by atoms with van der Waals surface area (Å²) in [6.45, 7) is 2.06. The average Bonchev–Trinajstić information content (AvgIpc) is 2.06. The Hall–Kier alpha value is -0.680. The minimum atomic E-state index is -0.965. The number of nitrogens with zero attached hydrogens (tertiary/aromatic N) is 1. The van der Waals surface area contributed by atoms with Crippen LogP contribution in [-0.4, -0.2) is 24.0 Å². The molecule has 0 aromatic heterocycles. The molecule has 0 saturated carbocycles. The molecule has 0 amide bonds. The fourth-order valence-electron chi connectivity index (χ4n) is 1.09. The number of hydrogen-bond donors (Lipinski definition) is 0. The Bertz CT molecular complexity index is 155. The van der Waals surface area contributed by atoms with Gasteiger partial charge in [0.15, 0.2) is 6.29 Å². The van der Waals surface area contributed by atoms with E-state index in [-0.39, 0.29) is 6.29 Å². The van der Waals surface area contributed by atoms with Gasteiger partial charge in [-0.1, -0.05) is 0 Å². The Morgan fingerprint density at radius 1 is 1.67 bits per heavy atom. The van der Waals surface area contributed by atoms with Crippen molar-refractivity contribution in [3.8, 4) is 0 Å². The standard InChI is InChI=1S/C7H13NO4/c1-6(8(9)10)12-7-4-2-3-5-11-7/h6-7H,2-5H2,1H3. The van der Waals surface area contributed by atoms with E-state index in [9.17, 15) is 10.1 Å². The Kier molecular flexibility index (Phi) is 3.43. The third kappa shape index (κ3) is 2.75. The van der Waals surface area contributed by atoms with Gasteiger partial charge in [0.1, 0.15) is 0 Å². The zero-order chi connectivity index (χ0) is 8.97. The summed E-state index contributed by atoms with van der Waals surface area (Å²) < 4.78 is 10.2. The molecule has 2 unspecified atom stereocenters. The van der Waals surface area contributed by atoms with Crippen molar-refractivity contribution >= 4 is 0 Å². The molecule has 0 aromatic carbocycles. The van der Waals surface area contributed by atoms with Gasteiger partial charge in [0.2, 0.25) is 0 Å². The van der Waals surface area contributed by atoms with Gasteiger partial charge in [-0.15, -0.1) is 0 Å². The molecule has 1 rings (SSSR count). The minimum absolute atomic E-state index is 0.376. The van der Waals surface area contributed by atoms with Gasteiger partial charge in [0.05, 0.1) is 4.92 Å². The summed E-state index contributed by atoms with van der Waals surface area (Å²) in [5.74, 6) is 0. The van der Waals surface area contributed by atoms with Crippen molar-refractivity contribution < 1.29 is 14.4 Å². The molecule has 0 aromatic rings. The molecule has 5 nitrogen and oxygen atoms in total. The molecule has 2 atom stereocenters. The van der Waals surface area contributed by atoms with Crippen LogP contribution in [0, 0.1) is 10.1 Å². The first-order valence-electron chi connectivity index (χ1n) is 4.10. The Morgan fingerprint density at radius 3 is 2.92 bits per heavy atom. The van der Waals surface area contributed by atoms with E-state index < -0.39 is 11.2 Å². The smallest absolute Gasteiger partial charge is 0.314 e. The van der Waals surface area contributed by atoms with E-state index in [1.807, 2.05) is 0 Å². The fourth-order valence-corrected chi connectivity index (χ4v) is 1.09. The lowest BCUT2D eigenvalue weighted by Crippen LogP contribution is -2.30. The molecule has 1 aliphatic heterocycles. The van der Waals surface area contributed by atoms with Gasteiger partial charge in [-0.05, 0) is 19.3 Å². The largest absolute Gasteiger partial charge is 0.352 e. The topological polar surface area (TPSA) is 61.6 Å². The Balaban J connectivity index is 2.24. The zero-order valence-corrected chi connectivity index (χ0v) is 7.06.